The molecule has 3 rings (SSSR count). The minimum Gasteiger partial charge on any atom is -0.377 e. The Morgan fingerprint density at radius 3 is 2.68 bits per heavy atom. The molecule has 116 valence electrons. The molecule has 4 nitrogen and oxygen atoms in total. The molecule has 0 fully saturated rings. The first-order valence-electron chi connectivity index (χ1n) is 7.09. The van der Waals surface area contributed by atoms with Crippen molar-refractivity contribution in [1.82, 2.24) is 4.72 Å². The molecule has 0 bridgehead atoms. The third-order valence-corrected chi connectivity index (χ3v) is 6.05. The smallest absolute Gasteiger partial charge is 0.240 e. The Labute approximate surface area is 139 Å². The second-order valence-electron chi connectivity index (χ2n) is 5.28. The molecule has 0 aromatic heterocycles. The molecule has 1 unspecified atom stereocenters. The zero-order valence-corrected chi connectivity index (χ0v) is 14.5. The Morgan fingerprint density at radius 2 is 1.95 bits per heavy atom. The van der Waals surface area contributed by atoms with E-state index < -0.39 is 10.0 Å². The van der Waals surface area contributed by atoms with Crippen LogP contribution in [-0.4, -0.2) is 15.5 Å². The second kappa shape index (κ2) is 6.02. The van der Waals surface area contributed by atoms with Crippen molar-refractivity contribution < 1.29 is 8.42 Å². The Hall–Kier alpha value is -1.37. The van der Waals surface area contributed by atoms with E-state index in [0.717, 1.165) is 23.0 Å². The maximum absolute atomic E-state index is 11.8. The van der Waals surface area contributed by atoms with Gasteiger partial charge in [-0.1, -0.05) is 24.3 Å². The highest BCUT2D eigenvalue weighted by Gasteiger charge is 2.22. The lowest BCUT2D eigenvalue weighted by atomic mass is 10.1. The molecule has 6 heteroatoms. The van der Waals surface area contributed by atoms with Crippen LogP contribution >= 0.6 is 15.9 Å². The standard InChI is InChI=1S/C16H17BrN2O2S/c1-18-22(20,21)12-7-9-16(14(17)10-12)19-15-8-6-11-4-2-3-5-13(11)15/h2-5,7,9-10,15,18-19H,6,8H2,1H3. The van der Waals surface area contributed by atoms with Crippen molar-refractivity contribution in [2.24, 2.45) is 0 Å². The maximum atomic E-state index is 11.8. The van der Waals surface area contributed by atoms with Crippen molar-refractivity contribution in [3.8, 4) is 0 Å². The average molecular weight is 381 g/mol. The first-order valence-corrected chi connectivity index (χ1v) is 9.36. The molecule has 1 aliphatic rings. The van der Waals surface area contributed by atoms with Crippen molar-refractivity contribution in [2.45, 2.75) is 23.8 Å². The molecule has 1 aliphatic carbocycles. The molecule has 0 aliphatic heterocycles. The van der Waals surface area contributed by atoms with Crippen LogP contribution in [0.15, 0.2) is 51.8 Å². The number of sulfonamides is 1. The third-order valence-electron chi connectivity index (χ3n) is 3.98. The quantitative estimate of drug-likeness (QED) is 0.853. The SMILES string of the molecule is CNS(=O)(=O)c1ccc(NC2CCc3ccccc32)c(Br)c1. The van der Waals surface area contributed by atoms with E-state index in [1.165, 1.54) is 18.2 Å². The number of benzene rings is 2. The van der Waals surface area contributed by atoms with Crippen LogP contribution in [-0.2, 0) is 16.4 Å². The highest BCUT2D eigenvalue weighted by atomic mass is 79.9. The van der Waals surface area contributed by atoms with Crippen molar-refractivity contribution in [3.05, 3.63) is 58.1 Å². The van der Waals surface area contributed by atoms with Crippen LogP contribution in [0, 0.1) is 0 Å². The van der Waals surface area contributed by atoms with Crippen molar-refractivity contribution in [2.75, 3.05) is 12.4 Å². The molecule has 1 atom stereocenters. The van der Waals surface area contributed by atoms with Gasteiger partial charge in [-0.2, -0.15) is 0 Å². The molecule has 2 aromatic carbocycles. The van der Waals surface area contributed by atoms with Gasteiger partial charge in [0.1, 0.15) is 0 Å². The summed E-state index contributed by atoms with van der Waals surface area (Å²) in [7, 11) is -2.01. The van der Waals surface area contributed by atoms with E-state index in [1.54, 1.807) is 18.2 Å². The number of rotatable bonds is 4. The van der Waals surface area contributed by atoms with E-state index >= 15 is 0 Å². The zero-order chi connectivity index (χ0) is 15.7. The van der Waals surface area contributed by atoms with Gasteiger partial charge < -0.3 is 5.32 Å². The highest BCUT2D eigenvalue weighted by Crippen LogP contribution is 2.36. The minimum atomic E-state index is -3.42. The molecule has 0 spiro atoms. The van der Waals surface area contributed by atoms with Gasteiger partial charge in [-0.15, -0.1) is 0 Å². The fourth-order valence-corrected chi connectivity index (χ4v) is 4.19. The second-order valence-corrected chi connectivity index (χ2v) is 8.02. The molecule has 0 radical (unpaired) electrons. The van der Waals surface area contributed by atoms with Gasteiger partial charge in [-0.05, 0) is 65.1 Å². The van der Waals surface area contributed by atoms with Gasteiger partial charge in [0.15, 0.2) is 0 Å². The van der Waals surface area contributed by atoms with E-state index in [4.69, 9.17) is 0 Å². The van der Waals surface area contributed by atoms with Crippen LogP contribution in [0.1, 0.15) is 23.6 Å². The largest absolute Gasteiger partial charge is 0.377 e. The van der Waals surface area contributed by atoms with Crippen molar-refractivity contribution >= 4 is 31.6 Å². The van der Waals surface area contributed by atoms with Crippen LogP contribution in [0.3, 0.4) is 0 Å². The molecular weight excluding hydrogens is 364 g/mol. The zero-order valence-electron chi connectivity index (χ0n) is 12.1. The lowest BCUT2D eigenvalue weighted by Crippen LogP contribution is -2.18. The summed E-state index contributed by atoms with van der Waals surface area (Å²) >= 11 is 3.46. The van der Waals surface area contributed by atoms with Crippen LogP contribution in [0.2, 0.25) is 0 Å². The average Bonchev–Trinajstić information content (AvgIpc) is 2.92. The van der Waals surface area contributed by atoms with Gasteiger partial charge in [0.05, 0.1) is 10.9 Å². The summed E-state index contributed by atoms with van der Waals surface area (Å²) in [6.45, 7) is 0. The lowest BCUT2D eigenvalue weighted by Gasteiger charge is -2.17. The first kappa shape index (κ1) is 15.5. The first-order chi connectivity index (χ1) is 10.5. The Bertz CT molecular complexity index is 806. The summed E-state index contributed by atoms with van der Waals surface area (Å²) in [5.74, 6) is 0. The number of hydrogen-bond donors (Lipinski definition) is 2. The number of aryl methyl sites for hydroxylation is 1. The molecule has 22 heavy (non-hydrogen) atoms. The summed E-state index contributed by atoms with van der Waals surface area (Å²) in [6, 6.07) is 13.7. The monoisotopic (exact) mass is 380 g/mol. The summed E-state index contributed by atoms with van der Waals surface area (Å²) in [5, 5.41) is 3.50. The molecular formula is C16H17BrN2O2S. The van der Waals surface area contributed by atoms with Crippen LogP contribution in [0.25, 0.3) is 0 Å². The van der Waals surface area contributed by atoms with Gasteiger partial charge >= 0.3 is 0 Å². The summed E-state index contributed by atoms with van der Waals surface area (Å²) < 4.78 is 26.7. The third kappa shape index (κ3) is 2.91. The molecule has 0 amide bonds. The minimum absolute atomic E-state index is 0.249. The Balaban J connectivity index is 1.86. The van der Waals surface area contributed by atoms with E-state index in [0.29, 0.717) is 0 Å². The predicted octanol–water partition coefficient (Wildman–Crippen LogP) is 3.46. The number of halogens is 1. The molecule has 0 saturated heterocycles. The Kier molecular flexibility index (Phi) is 4.25. The van der Waals surface area contributed by atoms with Crippen molar-refractivity contribution in [3.63, 3.8) is 0 Å². The van der Waals surface area contributed by atoms with Gasteiger partial charge in [0.2, 0.25) is 10.0 Å². The van der Waals surface area contributed by atoms with Gasteiger partial charge in [0.25, 0.3) is 0 Å². The van der Waals surface area contributed by atoms with E-state index in [-0.39, 0.29) is 10.9 Å². The predicted molar refractivity (Wildman–Crippen MR) is 91.5 cm³/mol. The number of fused-ring (bicyclic) bond motifs is 1. The fourth-order valence-electron chi connectivity index (χ4n) is 2.79. The van der Waals surface area contributed by atoms with Crippen LogP contribution in [0.5, 0.6) is 0 Å². The van der Waals surface area contributed by atoms with E-state index in [9.17, 15) is 8.42 Å². The number of anilines is 1. The molecule has 2 N–H and O–H groups in total. The molecule has 2 aromatic rings. The van der Waals surface area contributed by atoms with Gasteiger partial charge in [-0.25, -0.2) is 13.1 Å². The summed E-state index contributed by atoms with van der Waals surface area (Å²) in [6.07, 6.45) is 2.11. The van der Waals surface area contributed by atoms with Crippen molar-refractivity contribution in [1.29, 1.82) is 0 Å². The maximum Gasteiger partial charge on any atom is 0.240 e. The van der Waals surface area contributed by atoms with Gasteiger partial charge in [0, 0.05) is 10.2 Å². The summed E-state index contributed by atoms with van der Waals surface area (Å²) in [4.78, 5) is 0.249. The Morgan fingerprint density at radius 1 is 1.18 bits per heavy atom. The highest BCUT2D eigenvalue weighted by molar-refractivity contribution is 9.10. The van der Waals surface area contributed by atoms with Crippen LogP contribution in [0.4, 0.5) is 5.69 Å². The van der Waals surface area contributed by atoms with E-state index in [1.807, 2.05) is 0 Å². The molecule has 0 saturated carbocycles. The number of nitrogens with one attached hydrogen (secondary N) is 2. The normalized spacial score (nSPS) is 17.3. The number of hydrogen-bond acceptors (Lipinski definition) is 3. The topological polar surface area (TPSA) is 58.2 Å². The van der Waals surface area contributed by atoms with E-state index in [2.05, 4.69) is 50.2 Å². The van der Waals surface area contributed by atoms with Gasteiger partial charge in [-0.3, -0.25) is 0 Å². The molecule has 0 heterocycles. The van der Waals surface area contributed by atoms with Crippen LogP contribution < -0.4 is 10.0 Å². The summed E-state index contributed by atoms with van der Waals surface area (Å²) in [5.41, 5.74) is 3.60. The fraction of sp³-hybridized carbons (Fsp3) is 0.250. The lowest BCUT2D eigenvalue weighted by molar-refractivity contribution is 0.588.